The van der Waals surface area contributed by atoms with Crippen LogP contribution < -0.4 is 5.73 Å². The maximum Gasteiger partial charge on any atom is 0.134 e. The summed E-state index contributed by atoms with van der Waals surface area (Å²) in [5.74, 6) is 0.314. The average Bonchev–Trinajstić information content (AvgIpc) is 2.00. The number of hydrogen-bond acceptors (Lipinski definition) is 2. The van der Waals surface area contributed by atoms with Crippen LogP contribution in [0.4, 0.5) is 0 Å². The Hall–Kier alpha value is -0.370. The minimum atomic E-state index is -0.333. The smallest absolute Gasteiger partial charge is 0.134 e. The number of Topliss-reactive ketones (excluding diaryl/α,β-unsaturated/α-hetero) is 1. The zero-order chi connectivity index (χ0) is 11.0. The second-order valence-electron chi connectivity index (χ2n) is 4.87. The monoisotopic (exact) mass is 199 g/mol. The van der Waals surface area contributed by atoms with Gasteiger partial charge in [-0.05, 0) is 20.3 Å². The molecule has 0 bridgehead atoms. The lowest BCUT2D eigenvalue weighted by molar-refractivity contribution is -0.120. The molecule has 0 aliphatic heterocycles. The fourth-order valence-electron chi connectivity index (χ4n) is 1.52. The van der Waals surface area contributed by atoms with Crippen LogP contribution in [0.2, 0.25) is 0 Å². The SMILES string of the molecule is CCCCCCCC(=O)CC(C)(C)N. The molecule has 0 atom stereocenters. The molecular formula is C12H25NO. The van der Waals surface area contributed by atoms with Gasteiger partial charge in [-0.25, -0.2) is 0 Å². The van der Waals surface area contributed by atoms with Gasteiger partial charge in [-0.1, -0.05) is 32.6 Å². The molecule has 0 aromatic rings. The first kappa shape index (κ1) is 13.6. The summed E-state index contributed by atoms with van der Waals surface area (Å²) >= 11 is 0. The molecule has 0 rings (SSSR count). The highest BCUT2D eigenvalue weighted by Crippen LogP contribution is 2.10. The van der Waals surface area contributed by atoms with Crippen LogP contribution in [0.15, 0.2) is 0 Å². The zero-order valence-corrected chi connectivity index (χ0v) is 9.94. The number of carbonyl (C=O) groups is 1. The Morgan fingerprint density at radius 2 is 1.71 bits per heavy atom. The Kier molecular flexibility index (Phi) is 6.81. The lowest BCUT2D eigenvalue weighted by Gasteiger charge is -2.16. The van der Waals surface area contributed by atoms with Crippen LogP contribution in [0.3, 0.4) is 0 Å². The summed E-state index contributed by atoms with van der Waals surface area (Å²) in [4.78, 5) is 11.4. The third-order valence-corrected chi connectivity index (χ3v) is 2.21. The largest absolute Gasteiger partial charge is 0.325 e. The molecule has 0 aliphatic rings. The van der Waals surface area contributed by atoms with E-state index >= 15 is 0 Å². The van der Waals surface area contributed by atoms with Gasteiger partial charge in [-0.3, -0.25) is 4.79 Å². The van der Waals surface area contributed by atoms with E-state index in [-0.39, 0.29) is 5.54 Å². The quantitative estimate of drug-likeness (QED) is 0.611. The Bertz CT molecular complexity index is 158. The fraction of sp³-hybridized carbons (Fsp3) is 0.917. The van der Waals surface area contributed by atoms with Gasteiger partial charge in [-0.2, -0.15) is 0 Å². The van der Waals surface area contributed by atoms with E-state index in [1.54, 1.807) is 0 Å². The number of ketones is 1. The predicted octanol–water partition coefficient (Wildman–Crippen LogP) is 3.04. The predicted molar refractivity (Wildman–Crippen MR) is 61.3 cm³/mol. The Balaban J connectivity index is 3.36. The second-order valence-corrected chi connectivity index (χ2v) is 4.87. The van der Waals surface area contributed by atoms with E-state index < -0.39 is 0 Å². The van der Waals surface area contributed by atoms with Gasteiger partial charge in [0.15, 0.2) is 0 Å². The van der Waals surface area contributed by atoms with Crippen LogP contribution in [0, 0.1) is 0 Å². The van der Waals surface area contributed by atoms with E-state index in [1.807, 2.05) is 13.8 Å². The van der Waals surface area contributed by atoms with E-state index in [4.69, 9.17) is 5.73 Å². The van der Waals surface area contributed by atoms with Crippen LogP contribution in [-0.4, -0.2) is 11.3 Å². The average molecular weight is 199 g/mol. The molecule has 2 N–H and O–H groups in total. The molecule has 0 unspecified atom stereocenters. The molecule has 0 heterocycles. The molecule has 2 nitrogen and oxygen atoms in total. The topological polar surface area (TPSA) is 43.1 Å². The van der Waals surface area contributed by atoms with Gasteiger partial charge in [0.25, 0.3) is 0 Å². The third kappa shape index (κ3) is 9.72. The van der Waals surface area contributed by atoms with E-state index in [9.17, 15) is 4.79 Å². The molecule has 0 spiro atoms. The standard InChI is InChI=1S/C12H25NO/c1-4-5-6-7-8-9-11(14)10-12(2,3)13/h4-10,13H2,1-3H3. The molecule has 0 fully saturated rings. The van der Waals surface area contributed by atoms with Crippen molar-refractivity contribution in [3.05, 3.63) is 0 Å². The Morgan fingerprint density at radius 3 is 2.21 bits per heavy atom. The summed E-state index contributed by atoms with van der Waals surface area (Å²) in [5, 5.41) is 0. The highest BCUT2D eigenvalue weighted by molar-refractivity contribution is 5.79. The molecule has 14 heavy (non-hydrogen) atoms. The minimum Gasteiger partial charge on any atom is -0.325 e. The second kappa shape index (κ2) is 6.99. The molecule has 0 radical (unpaired) electrons. The maximum absolute atomic E-state index is 11.4. The molecular weight excluding hydrogens is 174 g/mol. The normalized spacial score (nSPS) is 11.7. The van der Waals surface area contributed by atoms with Gasteiger partial charge < -0.3 is 5.73 Å². The zero-order valence-electron chi connectivity index (χ0n) is 9.94. The van der Waals surface area contributed by atoms with Gasteiger partial charge >= 0.3 is 0 Å². The molecule has 2 heteroatoms. The van der Waals surface area contributed by atoms with E-state index in [2.05, 4.69) is 6.92 Å². The van der Waals surface area contributed by atoms with Crippen molar-refractivity contribution >= 4 is 5.78 Å². The van der Waals surface area contributed by atoms with E-state index in [1.165, 1.54) is 25.7 Å². The first-order chi connectivity index (χ1) is 6.45. The number of carbonyl (C=O) groups excluding carboxylic acids is 1. The number of rotatable bonds is 8. The van der Waals surface area contributed by atoms with E-state index in [0.717, 1.165) is 6.42 Å². The summed E-state index contributed by atoms with van der Waals surface area (Å²) in [6.07, 6.45) is 7.25. The van der Waals surface area contributed by atoms with Crippen molar-refractivity contribution in [3.63, 3.8) is 0 Å². The first-order valence-corrected chi connectivity index (χ1v) is 5.76. The van der Waals surface area contributed by atoms with Crippen molar-refractivity contribution in [2.45, 2.75) is 71.3 Å². The highest BCUT2D eigenvalue weighted by atomic mass is 16.1. The lowest BCUT2D eigenvalue weighted by atomic mass is 9.96. The van der Waals surface area contributed by atoms with Crippen LogP contribution in [0.1, 0.15) is 65.7 Å². The van der Waals surface area contributed by atoms with Crippen LogP contribution in [0.25, 0.3) is 0 Å². The number of unbranched alkanes of at least 4 members (excludes halogenated alkanes) is 4. The van der Waals surface area contributed by atoms with Crippen molar-refractivity contribution in [1.82, 2.24) is 0 Å². The van der Waals surface area contributed by atoms with E-state index in [0.29, 0.717) is 18.6 Å². The van der Waals surface area contributed by atoms with Gasteiger partial charge in [0.2, 0.25) is 0 Å². The van der Waals surface area contributed by atoms with Crippen molar-refractivity contribution in [2.24, 2.45) is 5.73 Å². The highest BCUT2D eigenvalue weighted by Gasteiger charge is 2.15. The molecule has 0 amide bonds. The number of nitrogens with two attached hydrogens (primary N) is 1. The van der Waals surface area contributed by atoms with Gasteiger partial charge in [0.1, 0.15) is 5.78 Å². The van der Waals surface area contributed by atoms with Crippen LogP contribution in [-0.2, 0) is 4.79 Å². The first-order valence-electron chi connectivity index (χ1n) is 5.76. The summed E-state index contributed by atoms with van der Waals surface area (Å²) in [7, 11) is 0. The molecule has 0 aromatic heterocycles. The van der Waals surface area contributed by atoms with Crippen molar-refractivity contribution in [2.75, 3.05) is 0 Å². The summed E-state index contributed by atoms with van der Waals surface area (Å²) < 4.78 is 0. The summed E-state index contributed by atoms with van der Waals surface area (Å²) in [6, 6.07) is 0. The van der Waals surface area contributed by atoms with Crippen LogP contribution >= 0.6 is 0 Å². The van der Waals surface area contributed by atoms with Crippen molar-refractivity contribution < 1.29 is 4.79 Å². The van der Waals surface area contributed by atoms with Crippen molar-refractivity contribution in [3.8, 4) is 0 Å². The molecule has 0 saturated carbocycles. The third-order valence-electron chi connectivity index (χ3n) is 2.21. The Morgan fingerprint density at radius 1 is 1.14 bits per heavy atom. The van der Waals surface area contributed by atoms with Gasteiger partial charge in [0.05, 0.1) is 0 Å². The van der Waals surface area contributed by atoms with Gasteiger partial charge in [0, 0.05) is 18.4 Å². The minimum absolute atomic E-state index is 0.314. The summed E-state index contributed by atoms with van der Waals surface area (Å²) in [6.45, 7) is 6.01. The Labute approximate surface area is 88.3 Å². The molecule has 0 saturated heterocycles. The molecule has 0 aromatic carbocycles. The fourth-order valence-corrected chi connectivity index (χ4v) is 1.52. The molecule has 84 valence electrons. The molecule has 0 aliphatic carbocycles. The van der Waals surface area contributed by atoms with Crippen molar-refractivity contribution in [1.29, 1.82) is 0 Å². The lowest BCUT2D eigenvalue weighted by Crippen LogP contribution is -2.34. The maximum atomic E-state index is 11.4. The summed E-state index contributed by atoms with van der Waals surface area (Å²) in [5.41, 5.74) is 5.43. The van der Waals surface area contributed by atoms with Crippen LogP contribution in [0.5, 0.6) is 0 Å². The number of hydrogen-bond donors (Lipinski definition) is 1. The van der Waals surface area contributed by atoms with Gasteiger partial charge in [-0.15, -0.1) is 0 Å².